The molecule has 1 aliphatic heterocycles. The Bertz CT molecular complexity index is 473. The van der Waals surface area contributed by atoms with E-state index < -0.39 is 0 Å². The van der Waals surface area contributed by atoms with Gasteiger partial charge in [0.1, 0.15) is 6.33 Å². The van der Waals surface area contributed by atoms with Gasteiger partial charge < -0.3 is 10.6 Å². The van der Waals surface area contributed by atoms with Crippen molar-refractivity contribution in [3.8, 4) is 0 Å². The maximum atomic E-state index is 4.32. The van der Waals surface area contributed by atoms with Gasteiger partial charge in [0, 0.05) is 18.4 Å². The molecule has 0 aromatic carbocycles. The Labute approximate surface area is 93.1 Å². The number of hydrogen-bond acceptors (Lipinski definition) is 5. The first-order chi connectivity index (χ1) is 7.93. The van der Waals surface area contributed by atoms with Crippen molar-refractivity contribution in [1.82, 2.24) is 24.9 Å². The number of piperidine rings is 1. The third kappa shape index (κ3) is 1.71. The molecular formula is C10H14N6. The predicted molar refractivity (Wildman–Crippen MR) is 60.3 cm³/mol. The number of fused-ring (bicyclic) bond motifs is 1. The van der Waals surface area contributed by atoms with Crippen LogP contribution >= 0.6 is 0 Å². The van der Waals surface area contributed by atoms with Gasteiger partial charge in [0.2, 0.25) is 5.65 Å². The molecule has 0 aliphatic carbocycles. The summed E-state index contributed by atoms with van der Waals surface area (Å²) in [7, 11) is 0. The van der Waals surface area contributed by atoms with Crippen molar-refractivity contribution in [2.75, 3.05) is 18.4 Å². The van der Waals surface area contributed by atoms with Crippen molar-refractivity contribution in [3.63, 3.8) is 0 Å². The number of rotatable bonds is 2. The van der Waals surface area contributed by atoms with Crippen LogP contribution in [0, 0.1) is 0 Å². The van der Waals surface area contributed by atoms with E-state index >= 15 is 0 Å². The Morgan fingerprint density at radius 2 is 2.25 bits per heavy atom. The average molecular weight is 218 g/mol. The van der Waals surface area contributed by atoms with Crippen molar-refractivity contribution in [2.24, 2.45) is 0 Å². The summed E-state index contributed by atoms with van der Waals surface area (Å²) in [6, 6.07) is 0.483. The summed E-state index contributed by atoms with van der Waals surface area (Å²) < 4.78 is 1.87. The van der Waals surface area contributed by atoms with Gasteiger partial charge in [0.25, 0.3) is 0 Å². The Morgan fingerprint density at radius 3 is 3.12 bits per heavy atom. The van der Waals surface area contributed by atoms with Crippen molar-refractivity contribution >= 4 is 11.5 Å². The fourth-order valence-corrected chi connectivity index (χ4v) is 2.02. The van der Waals surface area contributed by atoms with Crippen LogP contribution < -0.4 is 10.6 Å². The summed E-state index contributed by atoms with van der Waals surface area (Å²) in [4.78, 5) is 4.32. The summed E-state index contributed by atoms with van der Waals surface area (Å²) in [5.74, 6) is 0.826. The molecule has 1 fully saturated rings. The second kappa shape index (κ2) is 4.05. The number of hydrogen-bond donors (Lipinski definition) is 2. The zero-order valence-corrected chi connectivity index (χ0v) is 8.93. The lowest BCUT2D eigenvalue weighted by Gasteiger charge is -2.24. The van der Waals surface area contributed by atoms with E-state index in [4.69, 9.17) is 0 Å². The van der Waals surface area contributed by atoms with Crippen LogP contribution in [-0.2, 0) is 0 Å². The van der Waals surface area contributed by atoms with Crippen LogP contribution in [0.2, 0.25) is 0 Å². The third-order valence-electron chi connectivity index (χ3n) is 2.90. The zero-order chi connectivity index (χ0) is 10.8. The molecular weight excluding hydrogens is 204 g/mol. The van der Waals surface area contributed by atoms with Crippen LogP contribution in [0.4, 0.5) is 5.82 Å². The maximum absolute atomic E-state index is 4.32. The van der Waals surface area contributed by atoms with Crippen LogP contribution in [0.3, 0.4) is 0 Å². The second-order valence-corrected chi connectivity index (χ2v) is 4.01. The summed E-state index contributed by atoms with van der Waals surface area (Å²) >= 11 is 0. The van der Waals surface area contributed by atoms with Crippen LogP contribution in [0.5, 0.6) is 0 Å². The molecule has 16 heavy (non-hydrogen) atoms. The molecule has 3 heterocycles. The molecule has 2 aromatic heterocycles. The fraction of sp³-hybridized carbons (Fsp3) is 0.500. The highest BCUT2D eigenvalue weighted by Gasteiger charge is 2.14. The molecule has 0 atom stereocenters. The van der Waals surface area contributed by atoms with Gasteiger partial charge in [0.15, 0.2) is 5.82 Å². The molecule has 2 N–H and O–H groups in total. The topological polar surface area (TPSA) is 67.1 Å². The monoisotopic (exact) mass is 218 g/mol. The smallest absolute Gasteiger partial charge is 0.203 e. The highest BCUT2D eigenvalue weighted by molar-refractivity contribution is 5.61. The molecule has 6 heteroatoms. The van der Waals surface area contributed by atoms with E-state index in [1.165, 1.54) is 0 Å². The average Bonchev–Trinajstić information content (AvgIpc) is 2.80. The molecule has 0 bridgehead atoms. The van der Waals surface area contributed by atoms with Gasteiger partial charge >= 0.3 is 0 Å². The normalized spacial score (nSPS) is 17.8. The Morgan fingerprint density at radius 1 is 1.38 bits per heavy atom. The molecule has 84 valence electrons. The molecule has 0 amide bonds. The number of anilines is 1. The molecule has 1 saturated heterocycles. The largest absolute Gasteiger partial charge is 0.364 e. The fourth-order valence-electron chi connectivity index (χ4n) is 2.02. The lowest BCUT2D eigenvalue weighted by atomic mass is 10.1. The lowest BCUT2D eigenvalue weighted by Crippen LogP contribution is -2.35. The standard InChI is InChI=1S/C10H14N6/c1-3-11-4-2-8(1)14-9-10-15-13-7-16(10)6-5-12-9/h5-8,11H,1-4H2,(H,12,14). The van der Waals surface area contributed by atoms with Crippen molar-refractivity contribution in [3.05, 3.63) is 18.7 Å². The van der Waals surface area contributed by atoms with Gasteiger partial charge in [-0.2, -0.15) is 0 Å². The Kier molecular flexibility index (Phi) is 2.41. The predicted octanol–water partition coefficient (Wildman–Crippen LogP) is 0.288. The minimum atomic E-state index is 0.483. The lowest BCUT2D eigenvalue weighted by molar-refractivity contribution is 0.478. The van der Waals surface area contributed by atoms with Crippen molar-refractivity contribution in [1.29, 1.82) is 0 Å². The quantitative estimate of drug-likeness (QED) is 0.758. The second-order valence-electron chi connectivity index (χ2n) is 4.01. The van der Waals surface area contributed by atoms with E-state index in [-0.39, 0.29) is 0 Å². The number of nitrogens with zero attached hydrogens (tertiary/aromatic N) is 4. The highest BCUT2D eigenvalue weighted by atomic mass is 15.2. The van der Waals surface area contributed by atoms with E-state index in [2.05, 4.69) is 25.8 Å². The van der Waals surface area contributed by atoms with Crippen LogP contribution in [0.25, 0.3) is 5.65 Å². The molecule has 0 unspecified atom stereocenters. The van der Waals surface area contributed by atoms with Gasteiger partial charge in [0.05, 0.1) is 0 Å². The van der Waals surface area contributed by atoms with Gasteiger partial charge in [-0.1, -0.05) is 0 Å². The highest BCUT2D eigenvalue weighted by Crippen LogP contribution is 2.14. The third-order valence-corrected chi connectivity index (χ3v) is 2.90. The van der Waals surface area contributed by atoms with Gasteiger partial charge in [-0.3, -0.25) is 4.40 Å². The number of aromatic nitrogens is 4. The summed E-state index contributed by atoms with van der Waals surface area (Å²) in [5.41, 5.74) is 0.793. The van der Waals surface area contributed by atoms with Crippen molar-refractivity contribution in [2.45, 2.75) is 18.9 Å². The van der Waals surface area contributed by atoms with E-state index in [1.807, 2.05) is 10.6 Å². The van der Waals surface area contributed by atoms with E-state index in [0.29, 0.717) is 6.04 Å². The number of nitrogens with one attached hydrogen (secondary N) is 2. The van der Waals surface area contributed by atoms with Gasteiger partial charge in [-0.25, -0.2) is 4.98 Å². The summed E-state index contributed by atoms with van der Waals surface area (Å²) in [6.45, 7) is 2.13. The van der Waals surface area contributed by atoms with E-state index in [9.17, 15) is 0 Å². The SMILES string of the molecule is c1cn2cnnc2c(NC2CCNCC2)n1. The Balaban J connectivity index is 1.85. The first-order valence-electron chi connectivity index (χ1n) is 5.55. The molecule has 2 aromatic rings. The van der Waals surface area contributed by atoms with E-state index in [1.54, 1.807) is 12.5 Å². The van der Waals surface area contributed by atoms with Crippen LogP contribution in [0.1, 0.15) is 12.8 Å². The maximum Gasteiger partial charge on any atom is 0.203 e. The minimum Gasteiger partial charge on any atom is -0.364 e. The molecule has 1 aliphatic rings. The van der Waals surface area contributed by atoms with E-state index in [0.717, 1.165) is 37.4 Å². The van der Waals surface area contributed by atoms with Gasteiger partial charge in [-0.05, 0) is 25.9 Å². The molecule has 3 rings (SSSR count). The molecule has 0 saturated carbocycles. The Hall–Kier alpha value is -1.69. The summed E-state index contributed by atoms with van der Waals surface area (Å²) in [5, 5.41) is 14.7. The van der Waals surface area contributed by atoms with Crippen molar-refractivity contribution < 1.29 is 0 Å². The molecule has 0 spiro atoms. The van der Waals surface area contributed by atoms with Crippen LogP contribution in [-0.4, -0.2) is 38.7 Å². The first-order valence-corrected chi connectivity index (χ1v) is 5.55. The zero-order valence-electron chi connectivity index (χ0n) is 8.93. The van der Waals surface area contributed by atoms with Crippen LogP contribution in [0.15, 0.2) is 18.7 Å². The molecule has 6 nitrogen and oxygen atoms in total. The molecule has 0 radical (unpaired) electrons. The first kappa shape index (κ1) is 9.53. The summed E-state index contributed by atoms with van der Waals surface area (Å²) in [6.07, 6.45) is 7.54. The van der Waals surface area contributed by atoms with Gasteiger partial charge in [-0.15, -0.1) is 10.2 Å². The minimum absolute atomic E-state index is 0.483.